The van der Waals surface area contributed by atoms with Crippen molar-refractivity contribution in [3.05, 3.63) is 94.8 Å². The van der Waals surface area contributed by atoms with Crippen molar-refractivity contribution in [1.82, 2.24) is 14.9 Å². The van der Waals surface area contributed by atoms with Crippen molar-refractivity contribution in [3.63, 3.8) is 0 Å². The van der Waals surface area contributed by atoms with Gasteiger partial charge in [-0.3, -0.25) is 4.79 Å². The number of nitrogens with one attached hydrogen (secondary N) is 1. The SMILES string of the molecule is Cc1ccccc1Cn1c(CCNC(=O)COc2ccc(Cl)cc2)nc2ccccc21. The first-order chi connectivity index (χ1) is 15.1. The quantitative estimate of drug-likeness (QED) is 0.435. The molecule has 0 radical (unpaired) electrons. The molecule has 0 saturated heterocycles. The van der Waals surface area contributed by atoms with Gasteiger partial charge < -0.3 is 14.6 Å². The maximum absolute atomic E-state index is 12.2. The summed E-state index contributed by atoms with van der Waals surface area (Å²) in [5, 5.41) is 3.55. The highest BCUT2D eigenvalue weighted by Crippen LogP contribution is 2.20. The van der Waals surface area contributed by atoms with Crippen LogP contribution >= 0.6 is 11.6 Å². The van der Waals surface area contributed by atoms with E-state index >= 15 is 0 Å². The van der Waals surface area contributed by atoms with Gasteiger partial charge in [0.15, 0.2) is 6.61 Å². The molecule has 4 rings (SSSR count). The van der Waals surface area contributed by atoms with Crippen molar-refractivity contribution in [3.8, 4) is 5.75 Å². The molecule has 0 spiro atoms. The zero-order chi connectivity index (χ0) is 21.6. The van der Waals surface area contributed by atoms with Crippen molar-refractivity contribution in [1.29, 1.82) is 0 Å². The predicted octanol–water partition coefficient (Wildman–Crippen LogP) is 4.78. The normalized spacial score (nSPS) is 10.9. The van der Waals surface area contributed by atoms with Gasteiger partial charge >= 0.3 is 0 Å². The van der Waals surface area contributed by atoms with E-state index in [9.17, 15) is 4.79 Å². The summed E-state index contributed by atoms with van der Waals surface area (Å²) in [5.74, 6) is 1.39. The highest BCUT2D eigenvalue weighted by atomic mass is 35.5. The highest BCUT2D eigenvalue weighted by molar-refractivity contribution is 6.30. The molecular formula is C25H24ClN3O2. The zero-order valence-electron chi connectivity index (χ0n) is 17.3. The third-order valence-electron chi connectivity index (χ3n) is 5.18. The molecule has 158 valence electrons. The van der Waals surface area contributed by atoms with Crippen molar-refractivity contribution in [2.24, 2.45) is 0 Å². The van der Waals surface area contributed by atoms with E-state index in [1.54, 1.807) is 24.3 Å². The average Bonchev–Trinajstić information content (AvgIpc) is 3.12. The van der Waals surface area contributed by atoms with Crippen molar-refractivity contribution >= 4 is 28.5 Å². The summed E-state index contributed by atoms with van der Waals surface area (Å²) in [5.41, 5.74) is 4.56. The molecule has 5 nitrogen and oxygen atoms in total. The molecule has 31 heavy (non-hydrogen) atoms. The smallest absolute Gasteiger partial charge is 0.257 e. The Bertz CT molecular complexity index is 1190. The summed E-state index contributed by atoms with van der Waals surface area (Å²) in [6.07, 6.45) is 0.632. The number of amides is 1. The van der Waals surface area contributed by atoms with E-state index in [1.807, 2.05) is 24.3 Å². The minimum atomic E-state index is -0.170. The number of carbonyl (C=O) groups excluding carboxylic acids is 1. The number of benzene rings is 3. The number of nitrogens with zero attached hydrogens (tertiary/aromatic N) is 2. The van der Waals surface area contributed by atoms with E-state index in [4.69, 9.17) is 21.3 Å². The van der Waals surface area contributed by atoms with Gasteiger partial charge in [0.25, 0.3) is 5.91 Å². The van der Waals surface area contributed by atoms with E-state index in [1.165, 1.54) is 11.1 Å². The van der Waals surface area contributed by atoms with Crippen LogP contribution in [0.2, 0.25) is 5.02 Å². The maximum Gasteiger partial charge on any atom is 0.257 e. The fourth-order valence-corrected chi connectivity index (χ4v) is 3.62. The lowest BCUT2D eigenvalue weighted by Gasteiger charge is -2.12. The van der Waals surface area contributed by atoms with Gasteiger partial charge in [0, 0.05) is 24.5 Å². The van der Waals surface area contributed by atoms with Crippen LogP contribution in [0.4, 0.5) is 0 Å². The molecule has 6 heteroatoms. The first kappa shape index (κ1) is 20.9. The molecule has 1 heterocycles. The molecule has 0 unspecified atom stereocenters. The van der Waals surface area contributed by atoms with Gasteiger partial charge in [0.2, 0.25) is 0 Å². The summed E-state index contributed by atoms with van der Waals surface area (Å²) in [6.45, 7) is 3.31. The molecule has 1 aromatic heterocycles. The van der Waals surface area contributed by atoms with Crippen LogP contribution < -0.4 is 10.1 Å². The van der Waals surface area contributed by atoms with Crippen molar-refractivity contribution in [2.45, 2.75) is 19.9 Å². The molecule has 1 amide bonds. The fraction of sp³-hybridized carbons (Fsp3) is 0.200. The lowest BCUT2D eigenvalue weighted by atomic mass is 10.1. The van der Waals surface area contributed by atoms with E-state index in [-0.39, 0.29) is 12.5 Å². The third-order valence-corrected chi connectivity index (χ3v) is 5.43. The molecule has 3 aromatic carbocycles. The second-order valence-electron chi connectivity index (χ2n) is 7.37. The standard InChI is InChI=1S/C25H24ClN3O2/c1-18-6-2-3-7-19(18)16-29-23-9-5-4-8-22(23)28-24(29)14-15-27-25(30)17-31-21-12-10-20(26)11-13-21/h2-13H,14-17H2,1H3,(H,27,30). The van der Waals surface area contributed by atoms with Gasteiger partial charge in [-0.2, -0.15) is 0 Å². The Hall–Kier alpha value is -3.31. The predicted molar refractivity (Wildman–Crippen MR) is 124 cm³/mol. The summed E-state index contributed by atoms with van der Waals surface area (Å²) >= 11 is 5.86. The number of para-hydroxylation sites is 2. The highest BCUT2D eigenvalue weighted by Gasteiger charge is 2.12. The Labute approximate surface area is 186 Å². The second-order valence-corrected chi connectivity index (χ2v) is 7.81. The first-order valence-electron chi connectivity index (χ1n) is 10.2. The van der Waals surface area contributed by atoms with Gasteiger partial charge in [-0.1, -0.05) is 48.0 Å². The minimum absolute atomic E-state index is 0.0404. The number of aryl methyl sites for hydroxylation is 1. The number of ether oxygens (including phenoxy) is 1. The second kappa shape index (κ2) is 9.67. The van der Waals surface area contributed by atoms with Gasteiger partial charge in [0.1, 0.15) is 11.6 Å². The Morgan fingerprint density at radius 2 is 1.77 bits per heavy atom. The van der Waals surface area contributed by atoms with Gasteiger partial charge in [-0.05, 0) is 54.4 Å². The van der Waals surface area contributed by atoms with Crippen LogP contribution in [0.25, 0.3) is 11.0 Å². The minimum Gasteiger partial charge on any atom is -0.484 e. The summed E-state index contributed by atoms with van der Waals surface area (Å²) < 4.78 is 7.73. The number of carbonyl (C=O) groups is 1. The van der Waals surface area contributed by atoms with Crippen LogP contribution in [0.15, 0.2) is 72.8 Å². The van der Waals surface area contributed by atoms with E-state index in [0.29, 0.717) is 23.7 Å². The van der Waals surface area contributed by atoms with E-state index in [0.717, 1.165) is 23.4 Å². The lowest BCUT2D eigenvalue weighted by Crippen LogP contribution is -2.31. The number of rotatable bonds is 8. The fourth-order valence-electron chi connectivity index (χ4n) is 3.49. The number of fused-ring (bicyclic) bond motifs is 1. The van der Waals surface area contributed by atoms with Gasteiger partial charge in [0.05, 0.1) is 11.0 Å². The van der Waals surface area contributed by atoms with Crippen LogP contribution in [0, 0.1) is 6.92 Å². The van der Waals surface area contributed by atoms with Crippen LogP contribution in [0.5, 0.6) is 5.75 Å². The Kier molecular flexibility index (Phi) is 6.53. The van der Waals surface area contributed by atoms with Crippen LogP contribution in [-0.4, -0.2) is 28.6 Å². The Morgan fingerprint density at radius 3 is 2.58 bits per heavy atom. The molecule has 0 aliphatic rings. The van der Waals surface area contributed by atoms with Gasteiger partial charge in [-0.25, -0.2) is 4.98 Å². The molecule has 0 aliphatic heterocycles. The average molecular weight is 434 g/mol. The molecule has 0 fully saturated rings. The van der Waals surface area contributed by atoms with Crippen LogP contribution in [0.3, 0.4) is 0 Å². The Morgan fingerprint density at radius 1 is 1.03 bits per heavy atom. The van der Waals surface area contributed by atoms with Crippen LogP contribution in [-0.2, 0) is 17.8 Å². The number of hydrogen-bond acceptors (Lipinski definition) is 3. The molecule has 4 aromatic rings. The molecule has 0 aliphatic carbocycles. The molecule has 0 bridgehead atoms. The molecule has 1 N–H and O–H groups in total. The maximum atomic E-state index is 12.2. The summed E-state index contributed by atoms with van der Waals surface area (Å²) in [6, 6.07) is 23.4. The number of hydrogen-bond donors (Lipinski definition) is 1. The number of imidazole rings is 1. The Balaban J connectivity index is 1.40. The first-order valence-corrected chi connectivity index (χ1v) is 10.6. The van der Waals surface area contributed by atoms with E-state index < -0.39 is 0 Å². The number of halogens is 1. The van der Waals surface area contributed by atoms with Crippen molar-refractivity contribution < 1.29 is 9.53 Å². The van der Waals surface area contributed by atoms with E-state index in [2.05, 4.69) is 41.1 Å². The largest absolute Gasteiger partial charge is 0.484 e. The van der Waals surface area contributed by atoms with Crippen molar-refractivity contribution in [2.75, 3.05) is 13.2 Å². The number of aromatic nitrogens is 2. The molecule has 0 saturated carbocycles. The summed E-state index contributed by atoms with van der Waals surface area (Å²) in [7, 11) is 0. The van der Waals surface area contributed by atoms with Gasteiger partial charge in [-0.15, -0.1) is 0 Å². The van der Waals surface area contributed by atoms with Crippen LogP contribution in [0.1, 0.15) is 17.0 Å². The molecule has 0 atom stereocenters. The lowest BCUT2D eigenvalue weighted by molar-refractivity contribution is -0.123. The monoisotopic (exact) mass is 433 g/mol. The molecular weight excluding hydrogens is 410 g/mol. The third kappa shape index (κ3) is 5.25. The zero-order valence-corrected chi connectivity index (χ0v) is 18.1. The summed E-state index contributed by atoms with van der Waals surface area (Å²) in [4.78, 5) is 17.0. The topological polar surface area (TPSA) is 56.2 Å².